The fourth-order valence-corrected chi connectivity index (χ4v) is 3.02. The lowest BCUT2D eigenvalue weighted by Crippen LogP contribution is -2.36. The molecule has 1 aliphatic rings. The fraction of sp³-hybridized carbons (Fsp3) is 0.500. The molecule has 2 atom stereocenters. The summed E-state index contributed by atoms with van der Waals surface area (Å²) < 4.78 is 51.2. The highest BCUT2D eigenvalue weighted by Crippen LogP contribution is 2.44. The molecule has 1 aromatic rings. The van der Waals surface area contributed by atoms with Gasteiger partial charge in [0.25, 0.3) is 0 Å². The van der Waals surface area contributed by atoms with E-state index in [1.54, 1.807) is 0 Å². The topological polar surface area (TPSA) is 17.1 Å². The minimum atomic E-state index is -4.76. The van der Waals surface area contributed by atoms with Crippen LogP contribution in [-0.4, -0.2) is 5.78 Å². The SMILES string of the molecule is CC1CCC(=O)C(Cl)(c2ccc(C(F)(F)F)c(F)c2)C1. The van der Waals surface area contributed by atoms with Crippen molar-refractivity contribution in [3.63, 3.8) is 0 Å². The summed E-state index contributed by atoms with van der Waals surface area (Å²) >= 11 is 6.29. The molecule has 1 nitrogen and oxygen atoms in total. The van der Waals surface area contributed by atoms with Gasteiger partial charge in [-0.05, 0) is 36.5 Å². The van der Waals surface area contributed by atoms with Gasteiger partial charge in [0.15, 0.2) is 5.78 Å². The maximum absolute atomic E-state index is 13.6. The van der Waals surface area contributed by atoms with Crippen LogP contribution < -0.4 is 0 Å². The van der Waals surface area contributed by atoms with Crippen LogP contribution in [0.1, 0.15) is 37.3 Å². The molecule has 1 fully saturated rings. The van der Waals surface area contributed by atoms with Crippen LogP contribution in [0.4, 0.5) is 17.6 Å². The van der Waals surface area contributed by atoms with Crippen LogP contribution in [0.25, 0.3) is 0 Å². The minimum absolute atomic E-state index is 0.0983. The van der Waals surface area contributed by atoms with Gasteiger partial charge in [-0.3, -0.25) is 4.79 Å². The van der Waals surface area contributed by atoms with Gasteiger partial charge in [0.05, 0.1) is 5.56 Å². The Labute approximate surface area is 118 Å². The monoisotopic (exact) mass is 308 g/mol. The molecule has 0 amide bonds. The van der Waals surface area contributed by atoms with E-state index in [0.29, 0.717) is 18.9 Å². The fourth-order valence-electron chi connectivity index (χ4n) is 2.54. The molecule has 1 aliphatic carbocycles. The Hall–Kier alpha value is -1.10. The lowest BCUT2D eigenvalue weighted by Gasteiger charge is -2.33. The predicted octanol–water partition coefficient (Wildman–Crippen LogP) is 4.67. The van der Waals surface area contributed by atoms with Crippen molar-refractivity contribution in [1.82, 2.24) is 0 Å². The minimum Gasteiger partial charge on any atom is -0.297 e. The first-order valence-electron chi connectivity index (χ1n) is 6.24. The smallest absolute Gasteiger partial charge is 0.297 e. The second-order valence-corrected chi connectivity index (χ2v) is 5.91. The van der Waals surface area contributed by atoms with Crippen molar-refractivity contribution in [2.45, 2.75) is 37.2 Å². The Morgan fingerprint density at radius 1 is 1.35 bits per heavy atom. The molecule has 6 heteroatoms. The van der Waals surface area contributed by atoms with Crippen LogP contribution in [0.3, 0.4) is 0 Å². The maximum Gasteiger partial charge on any atom is 0.419 e. The average molecular weight is 309 g/mol. The van der Waals surface area contributed by atoms with Crippen LogP contribution in [0.15, 0.2) is 18.2 Å². The predicted molar refractivity (Wildman–Crippen MR) is 67.0 cm³/mol. The maximum atomic E-state index is 13.6. The van der Waals surface area contributed by atoms with Gasteiger partial charge < -0.3 is 0 Å². The van der Waals surface area contributed by atoms with Crippen LogP contribution in [0, 0.1) is 11.7 Å². The van der Waals surface area contributed by atoms with Crippen LogP contribution in [-0.2, 0) is 15.8 Å². The molecule has 0 heterocycles. The first-order valence-corrected chi connectivity index (χ1v) is 6.62. The summed E-state index contributed by atoms with van der Waals surface area (Å²) in [7, 11) is 0. The molecule has 0 aliphatic heterocycles. The van der Waals surface area contributed by atoms with Gasteiger partial charge in [0, 0.05) is 6.42 Å². The summed E-state index contributed by atoms with van der Waals surface area (Å²) in [6, 6.07) is 2.46. The van der Waals surface area contributed by atoms with Gasteiger partial charge in [0.1, 0.15) is 10.7 Å². The summed E-state index contributed by atoms with van der Waals surface area (Å²) in [6.07, 6.45) is -3.51. The normalized spacial score (nSPS) is 27.7. The third kappa shape index (κ3) is 2.68. The van der Waals surface area contributed by atoms with E-state index in [0.717, 1.165) is 12.1 Å². The number of alkyl halides is 4. The highest BCUT2D eigenvalue weighted by Gasteiger charge is 2.43. The van der Waals surface area contributed by atoms with Crippen molar-refractivity contribution in [2.75, 3.05) is 0 Å². The molecule has 0 bridgehead atoms. The summed E-state index contributed by atoms with van der Waals surface area (Å²) in [5.41, 5.74) is -1.25. The van der Waals surface area contributed by atoms with Gasteiger partial charge in [-0.15, -0.1) is 11.6 Å². The van der Waals surface area contributed by atoms with Crippen molar-refractivity contribution < 1.29 is 22.4 Å². The van der Waals surface area contributed by atoms with Gasteiger partial charge in [0.2, 0.25) is 0 Å². The summed E-state index contributed by atoms with van der Waals surface area (Å²) in [5.74, 6) is -1.51. The number of rotatable bonds is 1. The quantitative estimate of drug-likeness (QED) is 0.544. The highest BCUT2D eigenvalue weighted by molar-refractivity contribution is 6.35. The second-order valence-electron chi connectivity index (χ2n) is 5.26. The van der Waals surface area contributed by atoms with Crippen molar-refractivity contribution in [2.24, 2.45) is 5.92 Å². The Morgan fingerprint density at radius 2 is 2.00 bits per heavy atom. The first kappa shape index (κ1) is 15.3. The molecular weight excluding hydrogens is 296 g/mol. The van der Waals surface area contributed by atoms with Gasteiger partial charge in [-0.2, -0.15) is 13.2 Å². The van der Waals surface area contributed by atoms with Crippen LogP contribution in [0.2, 0.25) is 0 Å². The van der Waals surface area contributed by atoms with E-state index in [1.165, 1.54) is 0 Å². The third-order valence-electron chi connectivity index (χ3n) is 3.67. The number of carbonyl (C=O) groups excluding carboxylic acids is 1. The van der Waals surface area contributed by atoms with Gasteiger partial charge in [-0.25, -0.2) is 4.39 Å². The van der Waals surface area contributed by atoms with Crippen LogP contribution >= 0.6 is 11.6 Å². The van der Waals surface area contributed by atoms with E-state index < -0.39 is 22.4 Å². The molecule has 2 unspecified atom stereocenters. The number of ketones is 1. The number of halogens is 5. The molecule has 0 spiro atoms. The number of benzene rings is 1. The van der Waals surface area contributed by atoms with Crippen LogP contribution in [0.5, 0.6) is 0 Å². The third-order valence-corrected chi connectivity index (χ3v) is 4.25. The van der Waals surface area contributed by atoms with E-state index >= 15 is 0 Å². The summed E-state index contributed by atoms with van der Waals surface area (Å²) in [4.78, 5) is 10.6. The number of carbonyl (C=O) groups is 1. The van der Waals surface area contributed by atoms with Crippen molar-refractivity contribution >= 4 is 17.4 Å². The van der Waals surface area contributed by atoms with Gasteiger partial charge >= 0.3 is 6.18 Å². The molecule has 0 N–H and O–H groups in total. The molecular formula is C14H13ClF4O. The Morgan fingerprint density at radius 3 is 2.55 bits per heavy atom. The van der Waals surface area contributed by atoms with E-state index in [4.69, 9.17) is 11.6 Å². The molecule has 0 saturated heterocycles. The zero-order chi connectivity index (χ0) is 15.1. The first-order chi connectivity index (χ1) is 9.14. The molecule has 1 aromatic carbocycles. The molecule has 1 saturated carbocycles. The number of hydrogen-bond donors (Lipinski definition) is 0. The lowest BCUT2D eigenvalue weighted by atomic mass is 9.77. The molecule has 2 rings (SSSR count). The summed E-state index contributed by atoms with van der Waals surface area (Å²) in [5, 5.41) is 0. The van der Waals surface area contributed by atoms with Crippen molar-refractivity contribution in [1.29, 1.82) is 0 Å². The highest BCUT2D eigenvalue weighted by atomic mass is 35.5. The largest absolute Gasteiger partial charge is 0.419 e. The standard InChI is InChI=1S/C14H13ClF4O/c1-8-2-5-12(20)13(15,7-8)9-3-4-10(11(16)6-9)14(17,18)19/h3-4,6,8H,2,5,7H2,1H3. The Kier molecular flexibility index (Phi) is 3.84. The van der Waals surface area contributed by atoms with Crippen molar-refractivity contribution in [3.05, 3.63) is 35.1 Å². The van der Waals surface area contributed by atoms with Crippen molar-refractivity contribution in [3.8, 4) is 0 Å². The second kappa shape index (κ2) is 5.02. The van der Waals surface area contributed by atoms with E-state index in [-0.39, 0.29) is 23.7 Å². The number of Topliss-reactive ketones (excluding diaryl/α,β-unsaturated/α-hetero) is 1. The molecule has 110 valence electrons. The average Bonchev–Trinajstić information content (AvgIpc) is 2.32. The number of hydrogen-bond acceptors (Lipinski definition) is 1. The van der Waals surface area contributed by atoms with E-state index in [1.807, 2.05) is 6.92 Å². The van der Waals surface area contributed by atoms with E-state index in [9.17, 15) is 22.4 Å². The Balaban J connectivity index is 2.43. The molecule has 20 heavy (non-hydrogen) atoms. The zero-order valence-electron chi connectivity index (χ0n) is 10.7. The lowest BCUT2D eigenvalue weighted by molar-refractivity contribution is -0.140. The molecule has 0 aromatic heterocycles. The van der Waals surface area contributed by atoms with Gasteiger partial charge in [-0.1, -0.05) is 13.0 Å². The summed E-state index contributed by atoms with van der Waals surface area (Å²) in [6.45, 7) is 1.91. The Bertz CT molecular complexity index is 540. The molecule has 0 radical (unpaired) electrons. The zero-order valence-corrected chi connectivity index (χ0v) is 11.5. The van der Waals surface area contributed by atoms with E-state index in [2.05, 4.69) is 0 Å².